The molecule has 0 fully saturated rings. The average molecular weight is 524 g/mol. The van der Waals surface area contributed by atoms with Crippen LogP contribution >= 0.6 is 0 Å². The predicted octanol–water partition coefficient (Wildman–Crippen LogP) is 2.87. The maximum Gasteiger partial charge on any atom is 0.355 e. The van der Waals surface area contributed by atoms with Gasteiger partial charge in [-0.15, -0.1) is 0 Å². The molecule has 10 heteroatoms. The molecule has 0 aromatic carbocycles. The normalized spacial score (nSPS) is 25.7. The lowest BCUT2D eigenvalue weighted by Gasteiger charge is -2.27. The van der Waals surface area contributed by atoms with E-state index >= 15 is 0 Å². The molecule has 1 aromatic rings. The van der Waals surface area contributed by atoms with E-state index in [1.54, 1.807) is 31.2 Å². The van der Waals surface area contributed by atoms with Crippen LogP contribution in [0, 0.1) is 11.8 Å². The fourth-order valence-electron chi connectivity index (χ4n) is 4.22. The van der Waals surface area contributed by atoms with Crippen LogP contribution in [0.5, 0.6) is 0 Å². The lowest BCUT2D eigenvalue weighted by atomic mass is 9.94. The SMILES string of the molecule is CC1=C\C(=O)CC(=O)Cc2nc(co2)C(=O)N2CCC=C2C(=O)OC(C(C)C)[C@H](C)/C=C/C(=O)NC\C=C\1. The predicted molar refractivity (Wildman–Crippen MR) is 138 cm³/mol. The Bertz CT molecular complexity index is 1220. The van der Waals surface area contributed by atoms with Crippen molar-refractivity contribution < 1.29 is 33.1 Å². The number of ether oxygens (including phenoxy) is 1. The Morgan fingerprint density at radius 2 is 1.87 bits per heavy atom. The Kier molecular flexibility index (Phi) is 9.70. The first kappa shape index (κ1) is 28.5. The average Bonchev–Trinajstić information content (AvgIpc) is 3.52. The minimum Gasteiger partial charge on any atom is -0.457 e. The van der Waals surface area contributed by atoms with Crippen LogP contribution in [0.3, 0.4) is 0 Å². The molecule has 1 aromatic heterocycles. The second kappa shape index (κ2) is 12.9. The summed E-state index contributed by atoms with van der Waals surface area (Å²) in [6.45, 7) is 7.88. The van der Waals surface area contributed by atoms with Gasteiger partial charge in [0.15, 0.2) is 11.5 Å². The molecule has 2 amide bonds. The van der Waals surface area contributed by atoms with Gasteiger partial charge in [-0.05, 0) is 37.0 Å². The standard InChI is InChI=1S/C28H33N3O7/c1-17(2)26-19(4)9-10-24(34)29-11-5-7-18(3)13-20(32)14-21(33)15-25-30-22(16-37-25)27(35)31-12-6-8-23(31)28(36)38-26/h5,7-10,13,16-17,19,26H,6,11-12,14-15H2,1-4H3,(H,29,34)/b7-5+,10-9+,18-13+/t19-,26?/m1/s1. The molecule has 3 heterocycles. The van der Waals surface area contributed by atoms with Crippen LogP contribution in [-0.2, 0) is 30.3 Å². The van der Waals surface area contributed by atoms with Gasteiger partial charge >= 0.3 is 5.97 Å². The molecule has 38 heavy (non-hydrogen) atoms. The number of hydrogen-bond acceptors (Lipinski definition) is 8. The summed E-state index contributed by atoms with van der Waals surface area (Å²) in [5.74, 6) is -2.66. The van der Waals surface area contributed by atoms with Crippen LogP contribution in [0.4, 0.5) is 0 Å². The number of fused-ring (bicyclic) bond motifs is 3. The number of carbonyl (C=O) groups excluding carboxylic acids is 5. The number of ketones is 2. The first-order valence-corrected chi connectivity index (χ1v) is 12.6. The van der Waals surface area contributed by atoms with E-state index in [4.69, 9.17) is 9.15 Å². The highest BCUT2D eigenvalue weighted by Gasteiger charge is 2.33. The third kappa shape index (κ3) is 7.71. The largest absolute Gasteiger partial charge is 0.457 e. The fraction of sp³-hybridized carbons (Fsp3) is 0.429. The third-order valence-corrected chi connectivity index (χ3v) is 6.06. The number of amides is 2. The van der Waals surface area contributed by atoms with Crippen molar-refractivity contribution in [3.05, 3.63) is 65.6 Å². The number of hydrogen-bond donors (Lipinski definition) is 1. The van der Waals surface area contributed by atoms with Gasteiger partial charge in [-0.3, -0.25) is 19.2 Å². The highest BCUT2D eigenvalue weighted by Crippen LogP contribution is 2.24. The number of aromatic nitrogens is 1. The van der Waals surface area contributed by atoms with Crippen LogP contribution in [0.25, 0.3) is 0 Å². The molecule has 1 N–H and O–H groups in total. The van der Waals surface area contributed by atoms with Crippen molar-refractivity contribution in [2.75, 3.05) is 13.1 Å². The number of oxazole rings is 1. The van der Waals surface area contributed by atoms with Gasteiger partial charge in [-0.1, -0.05) is 45.1 Å². The first-order chi connectivity index (χ1) is 18.0. The minimum atomic E-state index is -0.650. The van der Waals surface area contributed by atoms with Crippen LogP contribution in [0.15, 0.2) is 58.4 Å². The number of carbonyl (C=O) groups is 5. The van der Waals surface area contributed by atoms with Gasteiger partial charge in [0.25, 0.3) is 5.91 Å². The van der Waals surface area contributed by atoms with Crippen molar-refractivity contribution in [2.24, 2.45) is 11.8 Å². The number of cyclic esters (lactones) is 1. The molecule has 2 aliphatic rings. The van der Waals surface area contributed by atoms with Crippen molar-refractivity contribution in [3.8, 4) is 0 Å². The lowest BCUT2D eigenvalue weighted by molar-refractivity contribution is -0.149. The molecule has 0 radical (unpaired) electrons. The summed E-state index contributed by atoms with van der Waals surface area (Å²) in [4.78, 5) is 68.4. The fourth-order valence-corrected chi connectivity index (χ4v) is 4.22. The molecule has 10 nitrogen and oxygen atoms in total. The molecular weight excluding hydrogens is 490 g/mol. The van der Waals surface area contributed by atoms with Gasteiger partial charge in [0.2, 0.25) is 11.8 Å². The first-order valence-electron chi connectivity index (χ1n) is 12.6. The summed E-state index contributed by atoms with van der Waals surface area (Å²) in [6.07, 6.45) is 9.87. The quantitative estimate of drug-likeness (QED) is 0.438. The molecule has 0 spiro atoms. The topological polar surface area (TPSA) is 136 Å². The molecular formula is C28H33N3O7. The van der Waals surface area contributed by atoms with Gasteiger partial charge in [-0.2, -0.15) is 0 Å². The molecule has 0 saturated heterocycles. The van der Waals surface area contributed by atoms with E-state index in [1.165, 1.54) is 17.1 Å². The summed E-state index contributed by atoms with van der Waals surface area (Å²) >= 11 is 0. The molecule has 0 aliphatic carbocycles. The van der Waals surface area contributed by atoms with Crippen LogP contribution in [-0.4, -0.2) is 58.4 Å². The van der Waals surface area contributed by atoms with Crippen molar-refractivity contribution in [2.45, 2.75) is 53.1 Å². The Morgan fingerprint density at radius 1 is 1.11 bits per heavy atom. The van der Waals surface area contributed by atoms with Crippen molar-refractivity contribution in [3.63, 3.8) is 0 Å². The number of nitrogens with zero attached hydrogens (tertiary/aromatic N) is 2. The molecule has 0 saturated carbocycles. The summed E-state index contributed by atoms with van der Waals surface area (Å²) in [5.41, 5.74) is 0.675. The monoisotopic (exact) mass is 523 g/mol. The van der Waals surface area contributed by atoms with Crippen molar-refractivity contribution in [1.29, 1.82) is 0 Å². The van der Waals surface area contributed by atoms with E-state index in [-0.39, 0.29) is 66.7 Å². The van der Waals surface area contributed by atoms with Gasteiger partial charge in [0, 0.05) is 19.0 Å². The number of Topliss-reactive ketones (excluding diaryl/α,β-unsaturated/α-hetero) is 1. The van der Waals surface area contributed by atoms with Crippen LogP contribution < -0.4 is 5.32 Å². The summed E-state index contributed by atoms with van der Waals surface area (Å²) in [6, 6.07) is 0. The van der Waals surface area contributed by atoms with Crippen molar-refractivity contribution >= 4 is 29.4 Å². The number of nitrogens with one attached hydrogen (secondary N) is 1. The zero-order valence-electron chi connectivity index (χ0n) is 22.1. The highest BCUT2D eigenvalue weighted by atomic mass is 16.5. The van der Waals surface area contributed by atoms with Crippen LogP contribution in [0.2, 0.25) is 0 Å². The van der Waals surface area contributed by atoms with E-state index in [9.17, 15) is 24.0 Å². The summed E-state index contributed by atoms with van der Waals surface area (Å²) in [5, 5.41) is 2.72. The summed E-state index contributed by atoms with van der Waals surface area (Å²) < 4.78 is 11.1. The van der Waals surface area contributed by atoms with E-state index in [0.717, 1.165) is 6.26 Å². The number of allylic oxidation sites excluding steroid dienone is 3. The Morgan fingerprint density at radius 3 is 2.61 bits per heavy atom. The van der Waals surface area contributed by atoms with Crippen molar-refractivity contribution in [1.82, 2.24) is 15.2 Å². The van der Waals surface area contributed by atoms with E-state index in [2.05, 4.69) is 10.3 Å². The van der Waals surface area contributed by atoms with E-state index in [0.29, 0.717) is 12.0 Å². The maximum atomic E-state index is 13.1. The molecule has 2 bridgehead atoms. The Balaban J connectivity index is 1.87. The molecule has 202 valence electrons. The minimum absolute atomic E-state index is 0.00803. The van der Waals surface area contributed by atoms with Gasteiger partial charge in [-0.25, -0.2) is 9.78 Å². The zero-order valence-corrected chi connectivity index (χ0v) is 22.1. The second-order valence-electron chi connectivity index (χ2n) is 9.69. The molecule has 3 rings (SSSR count). The van der Waals surface area contributed by atoms with Gasteiger partial charge < -0.3 is 19.4 Å². The molecule has 1 unspecified atom stereocenters. The third-order valence-electron chi connectivity index (χ3n) is 6.06. The smallest absolute Gasteiger partial charge is 0.355 e. The second-order valence-corrected chi connectivity index (χ2v) is 9.69. The zero-order chi connectivity index (χ0) is 27.8. The van der Waals surface area contributed by atoms with Gasteiger partial charge in [0.05, 0.1) is 12.8 Å². The lowest BCUT2D eigenvalue weighted by Crippen LogP contribution is -2.36. The maximum absolute atomic E-state index is 13.1. The Labute approximate surface area is 221 Å². The van der Waals surface area contributed by atoms with Crippen LogP contribution in [0.1, 0.15) is 56.9 Å². The molecule has 2 aliphatic heterocycles. The highest BCUT2D eigenvalue weighted by molar-refractivity contribution is 6.05. The number of rotatable bonds is 1. The number of esters is 1. The van der Waals surface area contributed by atoms with E-state index < -0.39 is 23.8 Å². The Hall–Kier alpha value is -4.08. The van der Waals surface area contributed by atoms with E-state index in [1.807, 2.05) is 20.8 Å². The molecule has 2 atom stereocenters. The summed E-state index contributed by atoms with van der Waals surface area (Å²) in [7, 11) is 0. The van der Waals surface area contributed by atoms with Gasteiger partial charge in [0.1, 0.15) is 23.8 Å².